The van der Waals surface area contributed by atoms with Crippen LogP contribution in [0, 0.1) is 20.8 Å². The first-order chi connectivity index (χ1) is 16.6. The average Bonchev–Trinajstić information content (AvgIpc) is 3.21. The molecule has 3 aromatic carbocycles. The molecule has 0 bridgehead atoms. The molecule has 0 fully saturated rings. The van der Waals surface area contributed by atoms with Gasteiger partial charge in [0.15, 0.2) is 0 Å². The van der Waals surface area contributed by atoms with Gasteiger partial charge in [0.05, 0.1) is 0 Å². The Morgan fingerprint density at radius 3 is 1.91 bits per heavy atom. The highest BCUT2D eigenvalue weighted by molar-refractivity contribution is 6.50. The number of hydrogen-bond donors (Lipinski definition) is 0. The van der Waals surface area contributed by atoms with Crippen LogP contribution in [-0.4, -0.2) is 17.0 Å². The van der Waals surface area contributed by atoms with E-state index in [0.29, 0.717) is 6.61 Å². The summed E-state index contributed by atoms with van der Waals surface area (Å²) in [6.45, 7) is 6.92. The number of halogens is 4. The molecule has 4 aromatic rings. The van der Waals surface area contributed by atoms with E-state index in [1.165, 1.54) is 27.8 Å². The zero-order chi connectivity index (χ0) is 25.2. The molecule has 35 heavy (non-hydrogen) atoms. The standard InChI is InChI=1S/C26H26N3O.BF4/c1-18-14-19(2)24(20(3)15-18)29-17-28-23(27-29)16-30-26(22-12-8-5-9-13-22)25(28)21-10-6-4-7-11-21;2-1(3,4)5/h4-15,17,25-26H,16H2,1-3H3;/q+1;-1/t25-,26+;/m0./s1. The molecule has 0 amide bonds. The van der Waals surface area contributed by atoms with Gasteiger partial charge in [0.2, 0.25) is 6.33 Å². The predicted octanol–water partition coefficient (Wildman–Crippen LogP) is 6.25. The van der Waals surface area contributed by atoms with Crippen LogP contribution in [0.2, 0.25) is 0 Å². The maximum atomic E-state index is 9.75. The Kier molecular flexibility index (Phi) is 7.07. The monoisotopic (exact) mass is 483 g/mol. The van der Waals surface area contributed by atoms with Crippen LogP contribution in [0.3, 0.4) is 0 Å². The van der Waals surface area contributed by atoms with E-state index in [2.05, 4.69) is 98.4 Å². The Labute approximate surface area is 201 Å². The molecule has 0 spiro atoms. The minimum Gasteiger partial charge on any atom is -0.418 e. The van der Waals surface area contributed by atoms with Gasteiger partial charge in [0.1, 0.15) is 24.4 Å². The van der Waals surface area contributed by atoms with Crippen LogP contribution < -0.4 is 4.57 Å². The molecule has 1 aromatic heterocycles. The van der Waals surface area contributed by atoms with Gasteiger partial charge in [-0.2, -0.15) is 0 Å². The molecule has 0 unspecified atom stereocenters. The third kappa shape index (κ3) is 5.79. The molecule has 0 radical (unpaired) electrons. The SMILES string of the molecule is Cc1cc(C)c(-n2c[n+]3c(n2)CO[C@H](c2ccccc2)[C@@H]3c2ccccc2)c(C)c1.F[B-](F)(F)F. The van der Waals surface area contributed by atoms with Gasteiger partial charge in [-0.05, 0) is 43.0 Å². The summed E-state index contributed by atoms with van der Waals surface area (Å²) in [5.74, 6) is 0.940. The summed E-state index contributed by atoms with van der Waals surface area (Å²) >= 11 is 0. The van der Waals surface area contributed by atoms with Crippen molar-refractivity contribution in [3.05, 3.63) is 113 Å². The fourth-order valence-electron chi connectivity index (χ4n) is 4.67. The van der Waals surface area contributed by atoms with E-state index < -0.39 is 7.25 Å². The van der Waals surface area contributed by atoms with Crippen molar-refractivity contribution in [1.29, 1.82) is 0 Å². The van der Waals surface area contributed by atoms with E-state index in [1.54, 1.807) is 0 Å². The Balaban J connectivity index is 0.000000527. The lowest BCUT2D eigenvalue weighted by Crippen LogP contribution is -2.49. The highest BCUT2D eigenvalue weighted by Crippen LogP contribution is 2.35. The van der Waals surface area contributed by atoms with Crippen LogP contribution in [0.15, 0.2) is 79.1 Å². The summed E-state index contributed by atoms with van der Waals surface area (Å²) < 4.78 is 49.7. The van der Waals surface area contributed by atoms with Gasteiger partial charge in [-0.1, -0.05) is 83.0 Å². The molecular weight excluding hydrogens is 457 g/mol. The summed E-state index contributed by atoms with van der Waals surface area (Å²) in [4.78, 5) is 0. The first-order valence-electron chi connectivity index (χ1n) is 11.3. The summed E-state index contributed by atoms with van der Waals surface area (Å²) in [5, 5.41) is 4.93. The summed E-state index contributed by atoms with van der Waals surface area (Å²) in [5.41, 5.74) is 7.27. The Morgan fingerprint density at radius 1 is 0.857 bits per heavy atom. The maximum absolute atomic E-state index is 9.75. The van der Waals surface area contributed by atoms with Crippen molar-refractivity contribution in [1.82, 2.24) is 9.78 Å². The van der Waals surface area contributed by atoms with Gasteiger partial charge in [0, 0.05) is 5.10 Å². The lowest BCUT2D eigenvalue weighted by molar-refractivity contribution is -0.742. The minimum atomic E-state index is -6.00. The molecule has 2 atom stereocenters. The number of hydrogen-bond acceptors (Lipinski definition) is 2. The fraction of sp³-hybridized carbons (Fsp3) is 0.231. The van der Waals surface area contributed by atoms with Crippen LogP contribution in [-0.2, 0) is 11.3 Å². The Hall–Kier alpha value is -3.46. The second kappa shape index (κ2) is 10.0. The quantitative estimate of drug-likeness (QED) is 0.196. The molecule has 9 heteroatoms. The molecule has 0 aliphatic carbocycles. The fourth-order valence-corrected chi connectivity index (χ4v) is 4.67. The molecule has 1 aliphatic heterocycles. The van der Waals surface area contributed by atoms with Crippen molar-refractivity contribution in [3.63, 3.8) is 0 Å². The molecule has 1 aliphatic rings. The third-order valence-electron chi connectivity index (χ3n) is 5.87. The predicted molar refractivity (Wildman–Crippen MR) is 127 cm³/mol. The van der Waals surface area contributed by atoms with Crippen LogP contribution in [0.5, 0.6) is 0 Å². The lowest BCUT2D eigenvalue weighted by Gasteiger charge is -2.30. The van der Waals surface area contributed by atoms with Gasteiger partial charge >= 0.3 is 13.1 Å². The van der Waals surface area contributed by atoms with Crippen LogP contribution in [0.25, 0.3) is 5.69 Å². The molecular formula is C26H26BF4N3O. The minimum absolute atomic E-state index is 0.0251. The van der Waals surface area contributed by atoms with E-state index in [9.17, 15) is 17.3 Å². The van der Waals surface area contributed by atoms with Crippen molar-refractivity contribution in [2.24, 2.45) is 0 Å². The molecule has 5 rings (SSSR count). The number of benzene rings is 3. The Morgan fingerprint density at radius 2 is 1.37 bits per heavy atom. The van der Waals surface area contributed by atoms with Crippen molar-refractivity contribution < 1.29 is 26.6 Å². The Bertz CT molecular complexity index is 1260. The lowest BCUT2D eigenvalue weighted by atomic mass is 9.94. The largest absolute Gasteiger partial charge is 0.673 e. The molecule has 4 nitrogen and oxygen atoms in total. The number of rotatable bonds is 3. The number of aromatic nitrogens is 3. The van der Waals surface area contributed by atoms with Gasteiger partial charge in [0.25, 0.3) is 0 Å². The molecule has 0 saturated carbocycles. The third-order valence-corrected chi connectivity index (χ3v) is 5.87. The molecule has 0 saturated heterocycles. The van der Waals surface area contributed by atoms with Crippen LogP contribution in [0.1, 0.15) is 45.8 Å². The van der Waals surface area contributed by atoms with E-state index in [-0.39, 0.29) is 12.1 Å². The van der Waals surface area contributed by atoms with E-state index in [0.717, 1.165) is 11.5 Å². The van der Waals surface area contributed by atoms with Gasteiger partial charge in [-0.15, -0.1) is 0 Å². The number of fused-ring (bicyclic) bond motifs is 1. The van der Waals surface area contributed by atoms with E-state index in [1.807, 2.05) is 10.7 Å². The molecule has 0 N–H and O–H groups in total. The maximum Gasteiger partial charge on any atom is 0.673 e. The zero-order valence-electron chi connectivity index (χ0n) is 19.7. The number of aryl methyl sites for hydroxylation is 3. The van der Waals surface area contributed by atoms with E-state index >= 15 is 0 Å². The smallest absolute Gasteiger partial charge is 0.418 e. The second-order valence-corrected chi connectivity index (χ2v) is 8.62. The van der Waals surface area contributed by atoms with Crippen molar-refractivity contribution in [3.8, 4) is 5.69 Å². The van der Waals surface area contributed by atoms with Crippen molar-refractivity contribution >= 4 is 7.25 Å². The zero-order valence-corrected chi connectivity index (χ0v) is 19.7. The van der Waals surface area contributed by atoms with Gasteiger partial charge in [-0.25, -0.2) is 4.57 Å². The van der Waals surface area contributed by atoms with Gasteiger partial charge in [-0.3, -0.25) is 0 Å². The van der Waals surface area contributed by atoms with Crippen LogP contribution in [0.4, 0.5) is 17.3 Å². The highest BCUT2D eigenvalue weighted by atomic mass is 19.5. The summed E-state index contributed by atoms with van der Waals surface area (Å²) in [6.07, 6.45) is 2.07. The molecule has 182 valence electrons. The van der Waals surface area contributed by atoms with Crippen molar-refractivity contribution in [2.75, 3.05) is 0 Å². The topological polar surface area (TPSA) is 30.9 Å². The molecule has 2 heterocycles. The van der Waals surface area contributed by atoms with Gasteiger partial charge < -0.3 is 22.0 Å². The first-order valence-corrected chi connectivity index (χ1v) is 11.3. The van der Waals surface area contributed by atoms with Crippen molar-refractivity contribution in [2.45, 2.75) is 39.5 Å². The van der Waals surface area contributed by atoms with E-state index in [4.69, 9.17) is 9.84 Å². The highest BCUT2D eigenvalue weighted by Gasteiger charge is 2.39. The number of nitrogens with zero attached hydrogens (tertiary/aromatic N) is 3. The number of ether oxygens (including phenoxy) is 1. The second-order valence-electron chi connectivity index (χ2n) is 8.62. The summed E-state index contributed by atoms with van der Waals surface area (Å²) in [7, 11) is -6.00. The normalized spacial score (nSPS) is 17.3. The first kappa shape index (κ1) is 24.7. The average molecular weight is 483 g/mol. The van der Waals surface area contributed by atoms with Crippen LogP contribution >= 0.6 is 0 Å². The summed E-state index contributed by atoms with van der Waals surface area (Å²) in [6, 6.07) is 25.5.